The van der Waals surface area contributed by atoms with Crippen LogP contribution in [0.1, 0.15) is 85.2 Å². The number of rotatable bonds is 18. The zero-order valence-corrected chi connectivity index (χ0v) is 26.9. The largest absolute Gasteiger partial charge is 0.493 e. The Morgan fingerprint density at radius 3 is 1.59 bits per heavy atom. The fraction of sp³-hybridized carbons (Fsp3) is 0.571. The summed E-state index contributed by atoms with van der Waals surface area (Å²) in [5.41, 5.74) is 1.13. The van der Waals surface area contributed by atoms with Crippen LogP contribution in [0.5, 0.6) is 28.7 Å². The first-order chi connectivity index (χ1) is 19.4. The van der Waals surface area contributed by atoms with Gasteiger partial charge in [-0.25, -0.2) is 0 Å². The van der Waals surface area contributed by atoms with Crippen molar-refractivity contribution in [2.45, 2.75) is 69.2 Å². The molecule has 0 aliphatic rings. The van der Waals surface area contributed by atoms with Crippen molar-refractivity contribution in [1.29, 1.82) is 0 Å². The molecule has 0 N–H and O–H groups in total. The smallest absolute Gasteiger partial charge is 0.193 e. The minimum absolute atomic E-state index is 0.235. The maximum atomic E-state index is 13.9. The second-order valence-corrected chi connectivity index (χ2v) is 12.7. The Morgan fingerprint density at radius 1 is 0.585 bits per heavy atom. The predicted molar refractivity (Wildman–Crippen MR) is 168 cm³/mol. The number of carbonyl (C=O) groups excluding carboxylic acids is 1. The van der Waals surface area contributed by atoms with Gasteiger partial charge in [0.1, 0.15) is 22.8 Å². The monoisotopic (exact) mass is 568 g/mol. The molecule has 0 unspecified atom stereocenters. The van der Waals surface area contributed by atoms with Gasteiger partial charge in [0.05, 0.1) is 33.0 Å². The predicted octanol–water partition coefficient (Wildman–Crippen LogP) is 8.76. The maximum absolute atomic E-state index is 13.9. The van der Waals surface area contributed by atoms with E-state index in [-0.39, 0.29) is 11.7 Å². The topological polar surface area (TPSA) is 63.2 Å². The fourth-order valence-electron chi connectivity index (χ4n) is 3.57. The highest BCUT2D eigenvalue weighted by atomic mass is 16.5. The molecular weight excluding hydrogens is 516 g/mol. The third-order valence-corrected chi connectivity index (χ3v) is 5.59. The molecule has 0 fully saturated rings. The van der Waals surface area contributed by atoms with E-state index in [9.17, 15) is 4.79 Å². The van der Waals surface area contributed by atoms with E-state index in [1.165, 1.54) is 0 Å². The van der Waals surface area contributed by atoms with E-state index in [1.54, 1.807) is 18.2 Å². The molecule has 6 nitrogen and oxygen atoms in total. The summed E-state index contributed by atoms with van der Waals surface area (Å²) in [6, 6.07) is 9.36. The molecular formula is C35H52O6. The minimum atomic E-state index is -0.235. The van der Waals surface area contributed by atoms with Crippen LogP contribution in [0.15, 0.2) is 36.4 Å². The molecule has 0 spiro atoms. The van der Waals surface area contributed by atoms with Gasteiger partial charge in [0.15, 0.2) is 17.3 Å². The molecule has 228 valence electrons. The molecule has 0 radical (unpaired) electrons. The average Bonchev–Trinajstić information content (AvgIpc) is 2.90. The van der Waals surface area contributed by atoms with Crippen molar-refractivity contribution in [3.05, 3.63) is 47.5 Å². The number of ketones is 1. The summed E-state index contributed by atoms with van der Waals surface area (Å²) < 4.78 is 30.5. The molecule has 2 rings (SSSR count). The maximum Gasteiger partial charge on any atom is 0.193 e. The van der Waals surface area contributed by atoms with Gasteiger partial charge in [-0.2, -0.15) is 0 Å². The van der Waals surface area contributed by atoms with Gasteiger partial charge in [0.25, 0.3) is 0 Å². The molecule has 2 aromatic carbocycles. The summed E-state index contributed by atoms with van der Waals surface area (Å²) in [5, 5.41) is 0. The number of allylic oxidation sites excluding steroid dienone is 1. The van der Waals surface area contributed by atoms with Crippen LogP contribution in [0, 0.1) is 29.6 Å². The molecule has 6 heteroatoms. The van der Waals surface area contributed by atoms with Crippen molar-refractivity contribution >= 4 is 11.9 Å². The number of ether oxygens (including phenoxy) is 5. The molecule has 0 aliphatic heterocycles. The minimum Gasteiger partial charge on any atom is -0.493 e. The van der Waals surface area contributed by atoms with Crippen molar-refractivity contribution in [1.82, 2.24) is 0 Å². The lowest BCUT2D eigenvalue weighted by molar-refractivity contribution is 0.103. The Morgan fingerprint density at radius 2 is 1.02 bits per heavy atom. The van der Waals surface area contributed by atoms with Gasteiger partial charge >= 0.3 is 0 Å². The lowest BCUT2D eigenvalue weighted by Crippen LogP contribution is -2.14. The summed E-state index contributed by atoms with van der Waals surface area (Å²) in [4.78, 5) is 13.9. The Kier molecular flexibility index (Phi) is 14.1. The SMILES string of the molecule is CC(C)COc1ccc(OCC(C)C)c(C=CC(=O)c2c(OCC(C)C)ccc(OCC(C)C)c2OCC(C)C)c1. The van der Waals surface area contributed by atoms with Crippen LogP contribution >= 0.6 is 0 Å². The average molecular weight is 569 g/mol. The third-order valence-electron chi connectivity index (χ3n) is 5.59. The van der Waals surface area contributed by atoms with Gasteiger partial charge in [-0.05, 0) is 72.1 Å². The van der Waals surface area contributed by atoms with E-state index in [2.05, 4.69) is 69.2 Å². The van der Waals surface area contributed by atoms with Crippen LogP contribution in [0.4, 0.5) is 0 Å². The number of benzene rings is 2. The molecule has 0 saturated carbocycles. The first-order valence-electron chi connectivity index (χ1n) is 15.0. The Bertz CT molecular complexity index is 1110. The van der Waals surface area contributed by atoms with Crippen molar-refractivity contribution in [3.63, 3.8) is 0 Å². The Balaban J connectivity index is 2.56. The fourth-order valence-corrected chi connectivity index (χ4v) is 3.57. The van der Waals surface area contributed by atoms with Gasteiger partial charge in [-0.3, -0.25) is 4.79 Å². The number of hydrogen-bond donors (Lipinski definition) is 0. The molecule has 0 saturated heterocycles. The van der Waals surface area contributed by atoms with Crippen molar-refractivity contribution < 1.29 is 28.5 Å². The molecule has 0 atom stereocenters. The van der Waals surface area contributed by atoms with Crippen molar-refractivity contribution in [2.24, 2.45) is 29.6 Å². The summed E-state index contributed by atoms with van der Waals surface area (Å²) in [6.07, 6.45) is 3.33. The van der Waals surface area contributed by atoms with Crippen molar-refractivity contribution in [3.8, 4) is 28.7 Å². The van der Waals surface area contributed by atoms with E-state index < -0.39 is 0 Å². The van der Waals surface area contributed by atoms with E-state index >= 15 is 0 Å². The van der Waals surface area contributed by atoms with Gasteiger partial charge < -0.3 is 23.7 Å². The van der Waals surface area contributed by atoms with E-state index in [0.29, 0.717) is 85.3 Å². The van der Waals surface area contributed by atoms with Crippen LogP contribution in [-0.2, 0) is 0 Å². The van der Waals surface area contributed by atoms with Crippen LogP contribution in [0.2, 0.25) is 0 Å². The first kappa shape index (κ1) is 34.1. The molecule has 0 amide bonds. The second-order valence-electron chi connectivity index (χ2n) is 12.7. The van der Waals surface area contributed by atoms with Crippen molar-refractivity contribution in [2.75, 3.05) is 33.0 Å². The van der Waals surface area contributed by atoms with Crippen LogP contribution in [0.25, 0.3) is 6.08 Å². The highest BCUT2D eigenvalue weighted by molar-refractivity contribution is 6.11. The highest BCUT2D eigenvalue weighted by Gasteiger charge is 2.23. The molecule has 0 aromatic heterocycles. The molecule has 2 aromatic rings. The van der Waals surface area contributed by atoms with Gasteiger partial charge in [0.2, 0.25) is 0 Å². The summed E-state index contributed by atoms with van der Waals surface area (Å²) >= 11 is 0. The van der Waals surface area contributed by atoms with E-state index in [0.717, 1.165) is 11.3 Å². The zero-order valence-electron chi connectivity index (χ0n) is 26.9. The zero-order chi connectivity index (χ0) is 30.5. The Labute approximate surface area is 248 Å². The van der Waals surface area contributed by atoms with Crippen LogP contribution in [0.3, 0.4) is 0 Å². The van der Waals surface area contributed by atoms with E-state index in [1.807, 2.05) is 24.3 Å². The summed E-state index contributed by atoms with van der Waals surface area (Å²) in [6.45, 7) is 23.5. The molecule has 0 heterocycles. The summed E-state index contributed by atoms with van der Waals surface area (Å²) in [5.74, 6) is 4.26. The third kappa shape index (κ3) is 12.1. The van der Waals surface area contributed by atoms with Gasteiger partial charge in [-0.1, -0.05) is 69.2 Å². The lowest BCUT2D eigenvalue weighted by atomic mass is 10.0. The van der Waals surface area contributed by atoms with Gasteiger partial charge in [-0.15, -0.1) is 0 Å². The van der Waals surface area contributed by atoms with Crippen LogP contribution < -0.4 is 23.7 Å². The second kappa shape index (κ2) is 17.0. The number of hydrogen-bond acceptors (Lipinski definition) is 6. The first-order valence-corrected chi connectivity index (χ1v) is 15.0. The van der Waals surface area contributed by atoms with Gasteiger partial charge in [0, 0.05) is 5.56 Å². The van der Waals surface area contributed by atoms with E-state index in [4.69, 9.17) is 23.7 Å². The highest BCUT2D eigenvalue weighted by Crippen LogP contribution is 2.39. The summed E-state index contributed by atoms with van der Waals surface area (Å²) in [7, 11) is 0. The van der Waals surface area contributed by atoms with Crippen LogP contribution in [-0.4, -0.2) is 38.8 Å². The quantitative estimate of drug-likeness (QED) is 0.132. The Hall–Kier alpha value is -3.15. The molecule has 0 bridgehead atoms. The normalized spacial score (nSPS) is 11.8. The molecule has 41 heavy (non-hydrogen) atoms. The standard InChI is InChI=1S/C35H52O6/c1-23(2)18-37-29-12-14-31(38-19-24(3)4)28(17-29)11-13-30(36)34-32(39-20-25(5)6)15-16-33(40-21-26(7)8)35(34)41-22-27(9)10/h11-17,23-27H,18-22H2,1-10H3. The molecule has 0 aliphatic carbocycles. The number of carbonyl (C=O) groups is 1. The lowest BCUT2D eigenvalue weighted by Gasteiger charge is -2.20.